The van der Waals surface area contributed by atoms with Crippen molar-refractivity contribution >= 4 is 36.9 Å². The van der Waals surface area contributed by atoms with E-state index in [-0.39, 0.29) is 11.4 Å². The van der Waals surface area contributed by atoms with Crippen molar-refractivity contribution in [2.45, 2.75) is 17.9 Å². The molecule has 0 bridgehead atoms. The van der Waals surface area contributed by atoms with Gasteiger partial charge in [-0.1, -0.05) is 40.2 Å². The van der Waals surface area contributed by atoms with Gasteiger partial charge in [-0.15, -0.1) is 0 Å². The van der Waals surface area contributed by atoms with Gasteiger partial charge in [0.2, 0.25) is 0 Å². The summed E-state index contributed by atoms with van der Waals surface area (Å²) in [5, 5.41) is 0.560. The molecule has 25 heavy (non-hydrogen) atoms. The normalized spacial score (nSPS) is 15.2. The Balaban J connectivity index is 1.79. The van der Waals surface area contributed by atoms with Gasteiger partial charge in [-0.3, -0.25) is 0 Å². The van der Waals surface area contributed by atoms with Crippen LogP contribution >= 0.6 is 15.9 Å². The van der Waals surface area contributed by atoms with Crippen LogP contribution in [-0.4, -0.2) is 19.3 Å². The van der Waals surface area contributed by atoms with Crippen LogP contribution in [-0.2, 0) is 23.0 Å². The fraction of sp³-hybridized carbons (Fsp3) is 0.167. The summed E-state index contributed by atoms with van der Waals surface area (Å²) in [5.74, 6) is 0. The van der Waals surface area contributed by atoms with E-state index in [1.807, 2.05) is 24.3 Å². The van der Waals surface area contributed by atoms with Crippen molar-refractivity contribution in [2.75, 3.05) is 6.54 Å². The van der Waals surface area contributed by atoms with E-state index in [1.54, 1.807) is 18.2 Å². The van der Waals surface area contributed by atoms with Crippen molar-refractivity contribution < 1.29 is 12.8 Å². The summed E-state index contributed by atoms with van der Waals surface area (Å²) < 4.78 is 33.3. The predicted octanol–water partition coefficient (Wildman–Crippen LogP) is 3.30. The maximum atomic E-state index is 13.0. The number of benzene rings is 2. The van der Waals surface area contributed by atoms with E-state index < -0.39 is 15.6 Å². The molecule has 128 valence electrons. The first-order valence-electron chi connectivity index (χ1n) is 7.75. The maximum absolute atomic E-state index is 13.0. The number of rotatable bonds is 2. The quantitative estimate of drug-likeness (QED) is 0.597. The van der Waals surface area contributed by atoms with Gasteiger partial charge in [-0.25, -0.2) is 13.2 Å². The Hall–Kier alpha value is -1.96. The van der Waals surface area contributed by atoms with Gasteiger partial charge in [0.05, 0.1) is 0 Å². The van der Waals surface area contributed by atoms with E-state index in [4.69, 9.17) is 4.42 Å². The lowest BCUT2D eigenvalue weighted by molar-refractivity contribution is 0.388. The van der Waals surface area contributed by atoms with Crippen LogP contribution in [0.25, 0.3) is 11.0 Å². The zero-order valence-corrected chi connectivity index (χ0v) is 15.5. The molecular weight excluding hydrogens is 406 g/mol. The molecule has 0 atom stereocenters. The van der Waals surface area contributed by atoms with Crippen LogP contribution in [0.15, 0.2) is 67.1 Å². The average molecular weight is 420 g/mol. The van der Waals surface area contributed by atoms with Gasteiger partial charge < -0.3 is 4.42 Å². The highest BCUT2D eigenvalue weighted by molar-refractivity contribution is 9.10. The molecular formula is C18H14BrNO4S. The second kappa shape index (κ2) is 6.09. The van der Waals surface area contributed by atoms with Crippen molar-refractivity contribution in [1.82, 2.24) is 4.31 Å². The molecule has 0 radical (unpaired) electrons. The maximum Gasteiger partial charge on any atom is 0.356 e. The Morgan fingerprint density at radius 3 is 2.60 bits per heavy atom. The third-order valence-corrected chi connectivity index (χ3v) is 6.70. The predicted molar refractivity (Wildman–Crippen MR) is 97.9 cm³/mol. The van der Waals surface area contributed by atoms with E-state index in [9.17, 15) is 13.2 Å². The molecule has 7 heteroatoms. The lowest BCUT2D eigenvalue weighted by Crippen LogP contribution is -2.37. The molecule has 0 saturated carbocycles. The van der Waals surface area contributed by atoms with Crippen LogP contribution in [0.1, 0.15) is 11.1 Å². The molecule has 1 aromatic heterocycles. The Morgan fingerprint density at radius 1 is 1.04 bits per heavy atom. The Morgan fingerprint density at radius 2 is 1.80 bits per heavy atom. The van der Waals surface area contributed by atoms with Gasteiger partial charge in [0, 0.05) is 22.9 Å². The highest BCUT2D eigenvalue weighted by Crippen LogP contribution is 2.26. The summed E-state index contributed by atoms with van der Waals surface area (Å²) in [5.41, 5.74) is 1.62. The minimum Gasteiger partial charge on any atom is -0.422 e. The number of fused-ring (bicyclic) bond motifs is 2. The van der Waals surface area contributed by atoms with Crippen LogP contribution in [0.2, 0.25) is 0 Å². The van der Waals surface area contributed by atoms with Crippen LogP contribution in [0, 0.1) is 0 Å². The third kappa shape index (κ3) is 2.92. The molecule has 0 fully saturated rings. The van der Waals surface area contributed by atoms with Crippen molar-refractivity contribution in [1.29, 1.82) is 0 Å². The summed E-state index contributed by atoms with van der Waals surface area (Å²) in [6.45, 7) is 0.601. The highest BCUT2D eigenvalue weighted by atomic mass is 79.9. The van der Waals surface area contributed by atoms with Gasteiger partial charge in [0.1, 0.15) is 5.58 Å². The molecule has 0 amide bonds. The lowest BCUT2D eigenvalue weighted by atomic mass is 10.0. The SMILES string of the molecule is O=c1oc2ccc(Br)cc2cc1S(=O)(=O)N1CCc2ccccc2C1. The Bertz CT molecular complexity index is 1140. The number of halogens is 1. The van der Waals surface area contributed by atoms with Crippen LogP contribution < -0.4 is 5.63 Å². The fourth-order valence-electron chi connectivity index (χ4n) is 3.07. The molecule has 0 unspecified atom stereocenters. The molecule has 0 spiro atoms. The number of hydrogen-bond donors (Lipinski definition) is 0. The minimum atomic E-state index is -3.93. The molecule has 0 saturated heterocycles. The summed E-state index contributed by atoms with van der Waals surface area (Å²) >= 11 is 3.34. The molecule has 5 nitrogen and oxygen atoms in total. The molecule has 0 N–H and O–H groups in total. The van der Waals surface area contributed by atoms with Crippen molar-refractivity contribution in [2.24, 2.45) is 0 Å². The first-order valence-corrected chi connectivity index (χ1v) is 9.99. The largest absolute Gasteiger partial charge is 0.422 e. The number of hydrogen-bond acceptors (Lipinski definition) is 4. The monoisotopic (exact) mass is 419 g/mol. The van der Waals surface area contributed by atoms with Gasteiger partial charge in [0.25, 0.3) is 10.0 Å². The second-order valence-electron chi connectivity index (χ2n) is 5.94. The Kier molecular flexibility index (Phi) is 4.02. The van der Waals surface area contributed by atoms with Gasteiger partial charge >= 0.3 is 5.63 Å². The first kappa shape index (κ1) is 16.5. The van der Waals surface area contributed by atoms with Gasteiger partial charge in [-0.2, -0.15) is 4.31 Å². The summed E-state index contributed by atoms with van der Waals surface area (Å²) in [7, 11) is -3.93. The minimum absolute atomic E-state index is 0.258. The van der Waals surface area contributed by atoms with Gasteiger partial charge in [0.15, 0.2) is 4.90 Å². The lowest BCUT2D eigenvalue weighted by Gasteiger charge is -2.27. The van der Waals surface area contributed by atoms with Crippen LogP contribution in [0.5, 0.6) is 0 Å². The number of sulfonamides is 1. The molecule has 2 aromatic carbocycles. The van der Waals surface area contributed by atoms with E-state index in [1.165, 1.54) is 10.4 Å². The highest BCUT2D eigenvalue weighted by Gasteiger charge is 2.31. The molecule has 4 rings (SSSR count). The Labute approximate surface area is 153 Å². The standard InChI is InChI=1S/C18H14BrNO4S/c19-15-5-6-16-14(9-15)10-17(18(21)24-16)25(22,23)20-8-7-12-3-1-2-4-13(12)11-20/h1-6,9-10H,7-8,11H2. The smallest absolute Gasteiger partial charge is 0.356 e. The molecule has 2 heterocycles. The van der Waals surface area contributed by atoms with Gasteiger partial charge in [-0.05, 0) is 41.8 Å². The summed E-state index contributed by atoms with van der Waals surface area (Å²) in [6, 6.07) is 14.2. The first-order chi connectivity index (χ1) is 11.9. The number of nitrogens with zero attached hydrogens (tertiary/aromatic N) is 1. The van der Waals surface area contributed by atoms with Crippen molar-refractivity contribution in [3.8, 4) is 0 Å². The third-order valence-electron chi connectivity index (χ3n) is 4.38. The molecule has 0 aliphatic carbocycles. The molecule has 1 aliphatic rings. The zero-order chi connectivity index (χ0) is 17.6. The average Bonchev–Trinajstić information content (AvgIpc) is 2.61. The fourth-order valence-corrected chi connectivity index (χ4v) is 4.90. The van der Waals surface area contributed by atoms with Crippen molar-refractivity contribution in [3.63, 3.8) is 0 Å². The van der Waals surface area contributed by atoms with Crippen molar-refractivity contribution in [3.05, 3.63) is 74.6 Å². The van der Waals surface area contributed by atoms with E-state index in [2.05, 4.69) is 15.9 Å². The summed E-state index contributed by atoms with van der Waals surface area (Å²) in [4.78, 5) is 11.9. The van der Waals surface area contributed by atoms with Crippen LogP contribution in [0.4, 0.5) is 0 Å². The van der Waals surface area contributed by atoms with E-state index in [0.29, 0.717) is 23.9 Å². The van der Waals surface area contributed by atoms with Crippen LogP contribution in [0.3, 0.4) is 0 Å². The van der Waals surface area contributed by atoms with E-state index in [0.717, 1.165) is 15.6 Å². The van der Waals surface area contributed by atoms with E-state index >= 15 is 0 Å². The molecule has 3 aromatic rings. The topological polar surface area (TPSA) is 67.6 Å². The second-order valence-corrected chi connectivity index (χ2v) is 8.76. The molecule has 1 aliphatic heterocycles. The zero-order valence-electron chi connectivity index (χ0n) is 13.1. The summed E-state index contributed by atoms with van der Waals surface area (Å²) in [6.07, 6.45) is 0.625.